The second kappa shape index (κ2) is 4.99. The summed E-state index contributed by atoms with van der Waals surface area (Å²) in [4.78, 5) is 34.8. The molecule has 0 bridgehead atoms. The van der Waals surface area contributed by atoms with Crippen LogP contribution in [0.3, 0.4) is 0 Å². The first kappa shape index (κ1) is 13.5. The van der Waals surface area contributed by atoms with Crippen molar-refractivity contribution in [2.24, 2.45) is 5.41 Å². The van der Waals surface area contributed by atoms with Gasteiger partial charge < -0.3 is 9.47 Å². The average Bonchev–Trinajstić information content (AvgIpc) is 2.84. The van der Waals surface area contributed by atoms with Crippen molar-refractivity contribution in [3.8, 4) is 0 Å². The van der Waals surface area contributed by atoms with Crippen molar-refractivity contribution < 1.29 is 23.9 Å². The van der Waals surface area contributed by atoms with Crippen molar-refractivity contribution in [1.29, 1.82) is 0 Å². The van der Waals surface area contributed by atoms with Crippen LogP contribution in [0.1, 0.15) is 25.7 Å². The third kappa shape index (κ3) is 2.09. The van der Waals surface area contributed by atoms with Crippen molar-refractivity contribution in [2.45, 2.75) is 25.7 Å². The van der Waals surface area contributed by atoms with Gasteiger partial charge in [-0.15, -0.1) is 0 Å². The molecule has 0 saturated heterocycles. The molecule has 0 heterocycles. The lowest BCUT2D eigenvalue weighted by molar-refractivity contribution is -0.168. The van der Waals surface area contributed by atoms with Crippen LogP contribution in [0.25, 0.3) is 0 Å². The standard InChI is InChI=1S/C14H16O5/c1-18-12(16)14(13(17)19-2)6-10-4-3-9(8-15)5-11(10)7-14/h5,8H,3-4,6-7H2,1-2H3. The average molecular weight is 264 g/mol. The summed E-state index contributed by atoms with van der Waals surface area (Å²) in [6.07, 6.45) is 4.53. The minimum Gasteiger partial charge on any atom is -0.468 e. The lowest BCUT2D eigenvalue weighted by atomic mass is 9.83. The molecule has 19 heavy (non-hydrogen) atoms. The predicted octanol–water partition coefficient (Wildman–Crippen LogP) is 1.33. The van der Waals surface area contributed by atoms with Gasteiger partial charge in [0.15, 0.2) is 5.41 Å². The number of ether oxygens (including phenoxy) is 2. The molecule has 2 aliphatic carbocycles. The van der Waals surface area contributed by atoms with E-state index in [2.05, 4.69) is 0 Å². The Morgan fingerprint density at radius 1 is 1.16 bits per heavy atom. The Hall–Kier alpha value is -1.91. The molecule has 0 radical (unpaired) electrons. The van der Waals surface area contributed by atoms with E-state index in [9.17, 15) is 14.4 Å². The van der Waals surface area contributed by atoms with Gasteiger partial charge in [0.1, 0.15) is 6.29 Å². The second-order valence-electron chi connectivity index (χ2n) is 4.88. The fourth-order valence-corrected chi connectivity index (χ4v) is 2.84. The molecule has 0 fully saturated rings. The fraction of sp³-hybridized carbons (Fsp3) is 0.500. The summed E-state index contributed by atoms with van der Waals surface area (Å²) >= 11 is 0. The molecular weight excluding hydrogens is 248 g/mol. The molecule has 0 N–H and O–H groups in total. The molecule has 0 saturated carbocycles. The Balaban J connectivity index is 2.34. The number of carbonyl (C=O) groups is 3. The van der Waals surface area contributed by atoms with Gasteiger partial charge in [-0.3, -0.25) is 14.4 Å². The van der Waals surface area contributed by atoms with E-state index in [1.54, 1.807) is 6.08 Å². The molecular formula is C14H16O5. The molecule has 2 aliphatic rings. The summed E-state index contributed by atoms with van der Waals surface area (Å²) in [6.45, 7) is 0. The smallest absolute Gasteiger partial charge is 0.323 e. The molecule has 0 aromatic heterocycles. The normalized spacial score (nSPS) is 20.4. The summed E-state index contributed by atoms with van der Waals surface area (Å²) in [5, 5.41) is 0. The van der Waals surface area contributed by atoms with E-state index in [4.69, 9.17) is 9.47 Å². The van der Waals surface area contributed by atoms with Crippen LogP contribution in [0.4, 0.5) is 0 Å². The third-order valence-corrected chi connectivity index (χ3v) is 3.84. The first-order valence-electron chi connectivity index (χ1n) is 6.11. The van der Waals surface area contributed by atoms with Crippen LogP contribution in [0.5, 0.6) is 0 Å². The van der Waals surface area contributed by atoms with Crippen LogP contribution >= 0.6 is 0 Å². The first-order chi connectivity index (χ1) is 9.07. The minimum absolute atomic E-state index is 0.249. The van der Waals surface area contributed by atoms with Crippen LogP contribution in [0.15, 0.2) is 22.8 Å². The van der Waals surface area contributed by atoms with Crippen molar-refractivity contribution in [2.75, 3.05) is 14.2 Å². The van der Waals surface area contributed by atoms with E-state index in [1.165, 1.54) is 14.2 Å². The van der Waals surface area contributed by atoms with E-state index in [1.807, 2.05) is 0 Å². The molecule has 0 spiro atoms. The van der Waals surface area contributed by atoms with E-state index < -0.39 is 17.4 Å². The maximum Gasteiger partial charge on any atom is 0.323 e. The summed E-state index contributed by atoms with van der Waals surface area (Å²) in [6, 6.07) is 0. The highest BCUT2D eigenvalue weighted by atomic mass is 16.5. The Morgan fingerprint density at radius 2 is 1.79 bits per heavy atom. The third-order valence-electron chi connectivity index (χ3n) is 3.84. The number of methoxy groups -OCH3 is 2. The molecule has 5 nitrogen and oxygen atoms in total. The monoisotopic (exact) mass is 264 g/mol. The number of hydrogen-bond donors (Lipinski definition) is 0. The van der Waals surface area contributed by atoms with Crippen molar-refractivity contribution in [1.82, 2.24) is 0 Å². The summed E-state index contributed by atoms with van der Waals surface area (Å²) in [5.74, 6) is -1.15. The zero-order chi connectivity index (χ0) is 14.0. The quantitative estimate of drug-likeness (QED) is 0.437. The van der Waals surface area contributed by atoms with Gasteiger partial charge in [0.05, 0.1) is 14.2 Å². The highest BCUT2D eigenvalue weighted by Crippen LogP contribution is 2.48. The topological polar surface area (TPSA) is 69.7 Å². The fourth-order valence-electron chi connectivity index (χ4n) is 2.84. The van der Waals surface area contributed by atoms with E-state index >= 15 is 0 Å². The molecule has 0 aromatic rings. The van der Waals surface area contributed by atoms with Crippen molar-refractivity contribution in [3.05, 3.63) is 22.8 Å². The lowest BCUT2D eigenvalue weighted by Crippen LogP contribution is -2.39. The van der Waals surface area contributed by atoms with Gasteiger partial charge in [0, 0.05) is 0 Å². The molecule has 2 rings (SSSR count). The largest absolute Gasteiger partial charge is 0.468 e. The number of carbonyl (C=O) groups excluding carboxylic acids is 3. The van der Waals surface area contributed by atoms with Crippen LogP contribution in [-0.4, -0.2) is 32.4 Å². The van der Waals surface area contributed by atoms with Crippen LogP contribution < -0.4 is 0 Å². The zero-order valence-electron chi connectivity index (χ0n) is 11.0. The number of allylic oxidation sites excluding steroid dienone is 4. The van der Waals surface area contributed by atoms with Gasteiger partial charge in [0.2, 0.25) is 0 Å². The maximum atomic E-state index is 12.0. The molecule has 0 unspecified atom stereocenters. The predicted molar refractivity (Wildman–Crippen MR) is 66.1 cm³/mol. The Kier molecular flexibility index (Phi) is 3.55. The number of hydrogen-bond acceptors (Lipinski definition) is 5. The van der Waals surface area contributed by atoms with Crippen molar-refractivity contribution >= 4 is 18.2 Å². The summed E-state index contributed by atoms with van der Waals surface area (Å²) in [7, 11) is 2.52. The second-order valence-corrected chi connectivity index (χ2v) is 4.88. The molecule has 0 atom stereocenters. The number of esters is 2. The number of aldehydes is 1. The van der Waals surface area contributed by atoms with Crippen LogP contribution in [-0.2, 0) is 23.9 Å². The maximum absolute atomic E-state index is 12.0. The highest BCUT2D eigenvalue weighted by Gasteiger charge is 2.53. The number of rotatable bonds is 3. The highest BCUT2D eigenvalue weighted by molar-refractivity contribution is 6.01. The van der Waals surface area contributed by atoms with E-state index in [-0.39, 0.29) is 6.42 Å². The van der Waals surface area contributed by atoms with Crippen molar-refractivity contribution in [3.63, 3.8) is 0 Å². The van der Waals surface area contributed by atoms with Crippen LogP contribution in [0.2, 0.25) is 0 Å². The van der Waals surface area contributed by atoms with Gasteiger partial charge in [-0.1, -0.05) is 11.6 Å². The summed E-state index contributed by atoms with van der Waals surface area (Å²) < 4.78 is 9.53. The Bertz CT molecular complexity index is 482. The van der Waals surface area contributed by atoms with Gasteiger partial charge in [0.25, 0.3) is 0 Å². The van der Waals surface area contributed by atoms with E-state index in [0.717, 1.165) is 17.4 Å². The molecule has 5 heteroatoms. The van der Waals surface area contributed by atoms with Gasteiger partial charge >= 0.3 is 11.9 Å². The molecule has 0 aliphatic heterocycles. The lowest BCUT2D eigenvalue weighted by Gasteiger charge is -2.23. The molecule has 102 valence electrons. The zero-order valence-corrected chi connectivity index (χ0v) is 11.0. The first-order valence-corrected chi connectivity index (χ1v) is 6.11. The Labute approximate surface area is 111 Å². The molecule has 0 amide bonds. The van der Waals surface area contributed by atoms with Gasteiger partial charge in [-0.25, -0.2) is 0 Å². The minimum atomic E-state index is -1.27. The van der Waals surface area contributed by atoms with E-state index in [0.29, 0.717) is 24.8 Å². The van der Waals surface area contributed by atoms with Gasteiger partial charge in [-0.05, 0) is 36.8 Å². The Morgan fingerprint density at radius 3 is 2.32 bits per heavy atom. The van der Waals surface area contributed by atoms with Crippen LogP contribution in [0, 0.1) is 5.41 Å². The molecule has 0 aromatic carbocycles. The summed E-state index contributed by atoms with van der Waals surface area (Å²) in [5.41, 5.74) is 1.36. The van der Waals surface area contributed by atoms with Gasteiger partial charge in [-0.2, -0.15) is 0 Å². The SMILES string of the molecule is COC(=O)C1(C(=O)OC)CC2=C(CCC(C=O)=C2)C1.